The van der Waals surface area contributed by atoms with Gasteiger partial charge in [0, 0.05) is 56.9 Å². The van der Waals surface area contributed by atoms with Gasteiger partial charge in [-0.3, -0.25) is 14.3 Å². The Kier molecular flexibility index (Phi) is 7.57. The van der Waals surface area contributed by atoms with Gasteiger partial charge in [-0.1, -0.05) is 0 Å². The summed E-state index contributed by atoms with van der Waals surface area (Å²) in [7, 11) is 1.63. The summed E-state index contributed by atoms with van der Waals surface area (Å²) in [6.07, 6.45) is 4.74. The highest BCUT2D eigenvalue weighted by Gasteiger charge is 2.26. The molecule has 1 aliphatic heterocycles. The lowest BCUT2D eigenvalue weighted by Crippen LogP contribution is -2.39. The number of likely N-dealkylation sites (tertiary alicyclic amines) is 1. The van der Waals surface area contributed by atoms with Gasteiger partial charge in [-0.05, 0) is 68.0 Å². The van der Waals surface area contributed by atoms with Crippen molar-refractivity contribution >= 4 is 22.6 Å². The summed E-state index contributed by atoms with van der Waals surface area (Å²) >= 11 is 0. The summed E-state index contributed by atoms with van der Waals surface area (Å²) in [4.78, 5) is 27.0. The number of nitriles is 1. The maximum Gasteiger partial charge on any atom is 0.256 e. The molecule has 0 atom stereocenters. The molecule has 0 saturated carbocycles. The zero-order valence-electron chi connectivity index (χ0n) is 20.1. The Hall–Kier alpha value is -3.57. The molecule has 182 valence electrons. The molecule has 0 spiro atoms. The monoisotopic (exact) mass is 476 g/mol. The average Bonchev–Trinajstić information content (AvgIpc) is 3.27. The Labute approximate surface area is 204 Å². The highest BCUT2D eigenvalue weighted by molar-refractivity contribution is 6.01. The molecule has 1 aromatic heterocycles. The van der Waals surface area contributed by atoms with Gasteiger partial charge in [0.25, 0.3) is 5.91 Å². The number of halogens is 1. The number of nitrogens with zero attached hydrogens (tertiary/aromatic N) is 4. The number of benzene rings is 2. The number of carbonyl (C=O) groups excluding carboxylic acids is 2. The molecule has 2 heterocycles. The number of amides is 1. The molecule has 7 nitrogen and oxygen atoms in total. The van der Waals surface area contributed by atoms with Crippen molar-refractivity contribution in [3.8, 4) is 6.07 Å². The van der Waals surface area contributed by atoms with Crippen molar-refractivity contribution in [2.45, 2.75) is 39.2 Å². The largest absolute Gasteiger partial charge is 0.385 e. The number of rotatable bonds is 8. The van der Waals surface area contributed by atoms with Crippen LogP contribution in [0, 0.1) is 30.0 Å². The van der Waals surface area contributed by atoms with E-state index in [-0.39, 0.29) is 22.8 Å². The third-order valence-corrected chi connectivity index (χ3v) is 6.73. The van der Waals surface area contributed by atoms with Gasteiger partial charge in [-0.2, -0.15) is 10.4 Å². The molecule has 35 heavy (non-hydrogen) atoms. The van der Waals surface area contributed by atoms with Crippen LogP contribution in [0.5, 0.6) is 0 Å². The third-order valence-electron chi connectivity index (χ3n) is 6.73. The molecule has 0 N–H and O–H groups in total. The molecular weight excluding hydrogens is 447 g/mol. The number of fused-ring (bicyclic) bond motifs is 1. The lowest BCUT2D eigenvalue weighted by atomic mass is 9.96. The summed E-state index contributed by atoms with van der Waals surface area (Å²) in [5, 5.41) is 14.6. The molecule has 1 aliphatic rings. The number of piperidine rings is 1. The minimum Gasteiger partial charge on any atom is -0.385 e. The fourth-order valence-corrected chi connectivity index (χ4v) is 4.70. The van der Waals surface area contributed by atoms with Crippen LogP contribution in [-0.4, -0.2) is 53.2 Å². The number of Topliss-reactive ketones (excluding diaryl/α,β-unsaturated/α-hetero) is 1. The van der Waals surface area contributed by atoms with Gasteiger partial charge >= 0.3 is 0 Å². The fourth-order valence-electron chi connectivity index (χ4n) is 4.70. The van der Waals surface area contributed by atoms with Crippen molar-refractivity contribution < 1.29 is 18.7 Å². The van der Waals surface area contributed by atoms with Gasteiger partial charge < -0.3 is 9.64 Å². The molecule has 1 amide bonds. The van der Waals surface area contributed by atoms with Crippen LogP contribution in [0.15, 0.2) is 36.5 Å². The van der Waals surface area contributed by atoms with Crippen molar-refractivity contribution in [3.05, 3.63) is 64.6 Å². The van der Waals surface area contributed by atoms with Gasteiger partial charge in [-0.25, -0.2) is 4.39 Å². The van der Waals surface area contributed by atoms with Gasteiger partial charge in [0.05, 0.1) is 22.7 Å². The number of hydrogen-bond acceptors (Lipinski definition) is 5. The molecule has 4 rings (SSSR count). The van der Waals surface area contributed by atoms with E-state index in [0.717, 1.165) is 47.5 Å². The number of carbonyl (C=O) groups is 2. The predicted molar refractivity (Wildman–Crippen MR) is 130 cm³/mol. The highest BCUT2D eigenvalue weighted by Crippen LogP contribution is 2.25. The quantitative estimate of drug-likeness (QED) is 0.352. The average molecular weight is 477 g/mol. The highest BCUT2D eigenvalue weighted by atomic mass is 19.1. The summed E-state index contributed by atoms with van der Waals surface area (Å²) in [5.74, 6) is -0.542. The molecule has 1 fully saturated rings. The van der Waals surface area contributed by atoms with Gasteiger partial charge in [0.15, 0.2) is 5.78 Å². The topological polar surface area (TPSA) is 88.2 Å². The maximum absolute atomic E-state index is 14.3. The lowest BCUT2D eigenvalue weighted by molar-refractivity contribution is 0.0676. The first-order chi connectivity index (χ1) is 16.9. The number of hydrogen-bond donors (Lipinski definition) is 0. The van der Waals surface area contributed by atoms with Crippen LogP contribution in [0.1, 0.15) is 57.5 Å². The molecule has 0 unspecified atom stereocenters. The lowest BCUT2D eigenvalue weighted by Gasteiger charge is -2.32. The Morgan fingerprint density at radius 1 is 1.20 bits per heavy atom. The van der Waals surface area contributed by atoms with E-state index >= 15 is 0 Å². The number of aromatic nitrogens is 2. The summed E-state index contributed by atoms with van der Waals surface area (Å²) in [6, 6.07) is 9.59. The smallest absolute Gasteiger partial charge is 0.256 e. The first-order valence-electron chi connectivity index (χ1n) is 11.9. The molecule has 3 aromatic rings. The maximum atomic E-state index is 14.3. The molecular formula is C27H29FN4O3. The van der Waals surface area contributed by atoms with Crippen molar-refractivity contribution in [1.29, 1.82) is 5.26 Å². The van der Waals surface area contributed by atoms with Crippen molar-refractivity contribution in [1.82, 2.24) is 14.7 Å². The second kappa shape index (κ2) is 10.8. The van der Waals surface area contributed by atoms with E-state index in [4.69, 9.17) is 15.1 Å². The standard InChI is InChI=1S/C27H29FN4O3/c1-18-21(26(33)4-3-13-35-2)7-8-25-23(18)17-32(30-25)16-19-9-11-31(12-10-19)27(34)22-6-5-20(15-29)14-24(22)28/h5-8,14,17,19H,3-4,9-13,16H2,1-2H3. The Morgan fingerprint density at radius 3 is 2.63 bits per heavy atom. The van der Waals surface area contributed by atoms with Gasteiger partial charge in [0.1, 0.15) is 5.82 Å². The van der Waals surface area contributed by atoms with E-state index in [9.17, 15) is 14.0 Å². The van der Waals surface area contributed by atoms with Crippen LogP contribution in [0.25, 0.3) is 10.9 Å². The molecule has 0 aliphatic carbocycles. The van der Waals surface area contributed by atoms with Crippen LogP contribution in [0.4, 0.5) is 4.39 Å². The molecule has 2 aromatic carbocycles. The van der Waals surface area contributed by atoms with Crippen LogP contribution in [-0.2, 0) is 11.3 Å². The van der Waals surface area contributed by atoms with E-state index in [1.54, 1.807) is 12.0 Å². The van der Waals surface area contributed by atoms with E-state index < -0.39 is 5.82 Å². The first-order valence-corrected chi connectivity index (χ1v) is 11.9. The number of methoxy groups -OCH3 is 1. The summed E-state index contributed by atoms with van der Waals surface area (Å²) in [6.45, 7) is 4.34. The number of aryl methyl sites for hydroxylation is 1. The molecule has 8 heteroatoms. The van der Waals surface area contributed by atoms with Crippen molar-refractivity contribution in [2.24, 2.45) is 5.92 Å². The van der Waals surface area contributed by atoms with Gasteiger partial charge in [0.2, 0.25) is 0 Å². The second-order valence-electron chi connectivity index (χ2n) is 9.08. The predicted octanol–water partition coefficient (Wildman–Crippen LogP) is 4.52. The van der Waals surface area contributed by atoms with Crippen molar-refractivity contribution in [2.75, 3.05) is 26.8 Å². The summed E-state index contributed by atoms with van der Waals surface area (Å²) in [5.41, 5.74) is 2.74. The fraction of sp³-hybridized carbons (Fsp3) is 0.407. The van der Waals surface area contributed by atoms with E-state index in [2.05, 4.69) is 0 Å². The minimum atomic E-state index is -0.661. The zero-order chi connectivity index (χ0) is 24.9. The molecule has 0 bridgehead atoms. The zero-order valence-corrected chi connectivity index (χ0v) is 20.1. The van der Waals surface area contributed by atoms with Crippen molar-refractivity contribution in [3.63, 3.8) is 0 Å². The summed E-state index contributed by atoms with van der Waals surface area (Å²) < 4.78 is 21.2. The molecule has 1 saturated heterocycles. The Bertz CT molecular complexity index is 1290. The first kappa shape index (κ1) is 24.6. The van der Waals surface area contributed by atoms with Crippen LogP contribution in [0.2, 0.25) is 0 Å². The van der Waals surface area contributed by atoms with E-state index in [0.29, 0.717) is 38.5 Å². The number of ketones is 1. The van der Waals surface area contributed by atoms with Crippen LogP contribution in [0.3, 0.4) is 0 Å². The number of ether oxygens (including phenoxy) is 1. The van der Waals surface area contributed by atoms with Gasteiger partial charge in [-0.15, -0.1) is 0 Å². The Balaban J connectivity index is 1.38. The Morgan fingerprint density at radius 2 is 1.94 bits per heavy atom. The normalized spacial score (nSPS) is 14.3. The minimum absolute atomic E-state index is 0.00354. The second-order valence-corrected chi connectivity index (χ2v) is 9.08. The van der Waals surface area contributed by atoms with Crippen LogP contribution >= 0.6 is 0 Å². The molecule has 0 radical (unpaired) electrons. The SMILES string of the molecule is COCCCC(=O)c1ccc2nn(CC3CCN(C(=O)c4ccc(C#N)cc4F)CC3)cc2c1C. The van der Waals surface area contributed by atoms with Crippen LogP contribution < -0.4 is 0 Å². The third kappa shape index (κ3) is 5.41. The van der Waals surface area contributed by atoms with E-state index in [1.807, 2.05) is 36.0 Å². The van der Waals surface area contributed by atoms with E-state index in [1.165, 1.54) is 12.1 Å².